The molecule has 4 nitrogen and oxygen atoms in total. The molecule has 132 valence electrons. The van der Waals surface area contributed by atoms with E-state index in [1.54, 1.807) is 6.20 Å². The highest BCUT2D eigenvalue weighted by Crippen LogP contribution is 2.44. The molecule has 0 amide bonds. The van der Waals surface area contributed by atoms with Crippen molar-refractivity contribution in [3.8, 4) is 11.1 Å². The van der Waals surface area contributed by atoms with Crippen molar-refractivity contribution in [1.29, 1.82) is 0 Å². The second-order valence-electron chi connectivity index (χ2n) is 6.78. The lowest BCUT2D eigenvalue weighted by atomic mass is 9.99. The summed E-state index contributed by atoms with van der Waals surface area (Å²) in [6.45, 7) is 2.15. The van der Waals surface area contributed by atoms with E-state index in [2.05, 4.69) is 26.7 Å². The van der Waals surface area contributed by atoms with Gasteiger partial charge in [-0.2, -0.15) is 0 Å². The van der Waals surface area contributed by atoms with Crippen LogP contribution in [0.2, 0.25) is 5.02 Å². The summed E-state index contributed by atoms with van der Waals surface area (Å²) in [5.74, 6) is 0. The minimum Gasteiger partial charge on any atom is -0.372 e. The minimum absolute atomic E-state index is 0.663. The van der Waals surface area contributed by atoms with E-state index in [9.17, 15) is 4.21 Å². The summed E-state index contributed by atoms with van der Waals surface area (Å²) in [6.07, 6.45) is 5.48. The van der Waals surface area contributed by atoms with Crippen molar-refractivity contribution in [2.75, 3.05) is 22.7 Å². The Morgan fingerprint density at radius 3 is 2.77 bits per heavy atom. The van der Waals surface area contributed by atoms with Crippen molar-refractivity contribution in [3.63, 3.8) is 0 Å². The first-order valence-corrected chi connectivity index (χ1v) is 10.4. The molecule has 1 atom stereocenters. The Morgan fingerprint density at radius 1 is 1.08 bits per heavy atom. The number of benzene rings is 2. The lowest BCUT2D eigenvalue weighted by Crippen LogP contribution is -2.29. The Bertz CT molecular complexity index is 1050. The lowest BCUT2D eigenvalue weighted by molar-refractivity contribution is 0.578. The maximum absolute atomic E-state index is 12.8. The molecule has 1 aromatic heterocycles. The highest BCUT2D eigenvalue weighted by atomic mass is 35.5. The monoisotopic (exact) mass is 383 g/mol. The van der Waals surface area contributed by atoms with Gasteiger partial charge in [0.15, 0.2) is 11.0 Å². The molecule has 2 aliphatic rings. The van der Waals surface area contributed by atoms with Crippen molar-refractivity contribution in [2.24, 2.45) is 0 Å². The number of nitrogens with zero attached hydrogens (tertiary/aromatic N) is 2. The van der Waals surface area contributed by atoms with E-state index in [1.807, 2.05) is 24.3 Å². The molecule has 1 N–H and O–H groups in total. The van der Waals surface area contributed by atoms with E-state index in [1.165, 1.54) is 24.9 Å². The third-order valence-corrected chi connectivity index (χ3v) is 6.67. The number of pyridine rings is 1. The number of piperidine rings is 1. The smallest absolute Gasteiger partial charge is 0.151 e. The van der Waals surface area contributed by atoms with E-state index < -0.39 is 11.0 Å². The van der Waals surface area contributed by atoms with Crippen molar-refractivity contribution in [3.05, 3.63) is 47.6 Å². The van der Waals surface area contributed by atoms with Gasteiger partial charge in [-0.05, 0) is 55.7 Å². The SMILES string of the molecule is O=S1Nc2c(cc(Cl)c3cccnc23)-c2cc(N3CCCCC3)ccc21. The topological polar surface area (TPSA) is 45.2 Å². The predicted octanol–water partition coefficient (Wildman–Crippen LogP) is 4.99. The average molecular weight is 384 g/mol. The fraction of sp³-hybridized carbons (Fsp3) is 0.250. The Hall–Kier alpha value is -2.11. The number of hydrogen-bond acceptors (Lipinski definition) is 3. The Balaban J connectivity index is 1.73. The number of hydrogen-bond donors (Lipinski definition) is 1. The second kappa shape index (κ2) is 6.25. The van der Waals surface area contributed by atoms with Gasteiger partial charge in [0, 0.05) is 41.5 Å². The Kier molecular flexibility index (Phi) is 3.87. The zero-order valence-corrected chi connectivity index (χ0v) is 15.7. The number of aromatic nitrogens is 1. The Labute approximate surface area is 159 Å². The van der Waals surface area contributed by atoms with Crippen LogP contribution in [0.25, 0.3) is 22.0 Å². The van der Waals surface area contributed by atoms with E-state index in [4.69, 9.17) is 11.6 Å². The van der Waals surface area contributed by atoms with Crippen LogP contribution in [0.4, 0.5) is 11.4 Å². The third-order valence-electron chi connectivity index (χ3n) is 5.21. The molecule has 0 aliphatic carbocycles. The molecule has 5 rings (SSSR count). The number of anilines is 2. The summed E-state index contributed by atoms with van der Waals surface area (Å²) in [5.41, 5.74) is 4.69. The predicted molar refractivity (Wildman–Crippen MR) is 108 cm³/mol. The van der Waals surface area contributed by atoms with Crippen molar-refractivity contribution in [2.45, 2.75) is 24.2 Å². The normalized spacial score (nSPS) is 19.0. The van der Waals surface area contributed by atoms with Gasteiger partial charge in [-0.15, -0.1) is 0 Å². The zero-order chi connectivity index (χ0) is 17.7. The zero-order valence-electron chi connectivity index (χ0n) is 14.2. The van der Waals surface area contributed by atoms with Gasteiger partial charge in [-0.3, -0.25) is 9.71 Å². The molecule has 0 radical (unpaired) electrons. The molecule has 1 saturated heterocycles. The number of fused-ring (bicyclic) bond motifs is 5. The van der Waals surface area contributed by atoms with Gasteiger partial charge < -0.3 is 4.90 Å². The third kappa shape index (κ3) is 2.49. The van der Waals surface area contributed by atoms with Crippen LogP contribution in [0.5, 0.6) is 0 Å². The van der Waals surface area contributed by atoms with Crippen molar-refractivity contribution < 1.29 is 4.21 Å². The molecular formula is C20H18ClN3OS. The summed E-state index contributed by atoms with van der Waals surface area (Å²) < 4.78 is 15.9. The standard InChI is InChI=1S/C20H18ClN3OS/c21-17-12-16-15-11-13(24-9-2-1-3-10-24)6-7-18(15)26(25)23-20(16)19-14(17)5-4-8-22-19/h4-8,11-12,23H,1-3,9-10H2. The van der Waals surface area contributed by atoms with Gasteiger partial charge in [0.1, 0.15) is 0 Å². The van der Waals surface area contributed by atoms with E-state index in [0.29, 0.717) is 5.02 Å². The molecule has 26 heavy (non-hydrogen) atoms. The number of nitrogens with one attached hydrogen (secondary N) is 1. The summed E-state index contributed by atoms with van der Waals surface area (Å²) >= 11 is 6.53. The van der Waals surface area contributed by atoms with Crippen LogP contribution >= 0.6 is 11.6 Å². The summed E-state index contributed by atoms with van der Waals surface area (Å²) in [4.78, 5) is 7.69. The molecular weight excluding hydrogens is 366 g/mol. The Morgan fingerprint density at radius 2 is 1.92 bits per heavy atom. The molecule has 6 heteroatoms. The second-order valence-corrected chi connectivity index (χ2v) is 8.37. The van der Waals surface area contributed by atoms with Crippen molar-refractivity contribution in [1.82, 2.24) is 4.98 Å². The quantitative estimate of drug-likeness (QED) is 0.643. The van der Waals surface area contributed by atoms with Crippen LogP contribution in [0, 0.1) is 0 Å². The van der Waals surface area contributed by atoms with Crippen LogP contribution in [0.1, 0.15) is 19.3 Å². The maximum atomic E-state index is 12.8. The largest absolute Gasteiger partial charge is 0.372 e. The molecule has 0 bridgehead atoms. The van der Waals surface area contributed by atoms with Gasteiger partial charge in [-0.25, -0.2) is 4.21 Å². The van der Waals surface area contributed by atoms with Gasteiger partial charge >= 0.3 is 0 Å². The molecule has 0 spiro atoms. The molecule has 2 aromatic carbocycles. The first-order chi connectivity index (χ1) is 12.7. The van der Waals surface area contributed by atoms with Crippen LogP contribution in [0.3, 0.4) is 0 Å². The number of rotatable bonds is 1. The molecule has 1 fully saturated rings. The van der Waals surface area contributed by atoms with Crippen LogP contribution in [0.15, 0.2) is 47.5 Å². The molecule has 3 aromatic rings. The summed E-state index contributed by atoms with van der Waals surface area (Å²) in [5, 5.41) is 1.53. The molecule has 2 aliphatic heterocycles. The van der Waals surface area contributed by atoms with Crippen LogP contribution in [-0.4, -0.2) is 22.3 Å². The van der Waals surface area contributed by atoms with Gasteiger partial charge in [0.2, 0.25) is 0 Å². The summed E-state index contributed by atoms with van der Waals surface area (Å²) in [7, 11) is -1.30. The first-order valence-electron chi connectivity index (χ1n) is 8.87. The summed E-state index contributed by atoms with van der Waals surface area (Å²) in [6, 6.07) is 12.0. The van der Waals surface area contributed by atoms with Crippen LogP contribution < -0.4 is 9.62 Å². The maximum Gasteiger partial charge on any atom is 0.151 e. The van der Waals surface area contributed by atoms with Gasteiger partial charge in [-0.1, -0.05) is 11.6 Å². The minimum atomic E-state index is -1.30. The fourth-order valence-electron chi connectivity index (χ4n) is 3.90. The van der Waals surface area contributed by atoms with E-state index in [-0.39, 0.29) is 0 Å². The van der Waals surface area contributed by atoms with Gasteiger partial charge in [0.05, 0.1) is 21.1 Å². The van der Waals surface area contributed by atoms with E-state index in [0.717, 1.165) is 45.7 Å². The lowest BCUT2D eigenvalue weighted by Gasteiger charge is -2.30. The molecule has 3 heterocycles. The van der Waals surface area contributed by atoms with E-state index >= 15 is 0 Å². The van der Waals surface area contributed by atoms with Crippen LogP contribution in [-0.2, 0) is 11.0 Å². The van der Waals surface area contributed by atoms with Gasteiger partial charge in [0.25, 0.3) is 0 Å². The van der Waals surface area contributed by atoms with Crippen molar-refractivity contribution >= 4 is 44.9 Å². The average Bonchev–Trinajstić information content (AvgIpc) is 2.70. The first kappa shape index (κ1) is 16.1. The molecule has 0 saturated carbocycles. The molecule has 1 unspecified atom stereocenters. The fourth-order valence-corrected chi connectivity index (χ4v) is 5.23. The highest BCUT2D eigenvalue weighted by molar-refractivity contribution is 7.86. The highest BCUT2D eigenvalue weighted by Gasteiger charge is 2.26. The number of halogens is 1.